The van der Waals surface area contributed by atoms with Gasteiger partial charge in [-0.05, 0) is 31.0 Å². The van der Waals surface area contributed by atoms with E-state index < -0.39 is 0 Å². The fraction of sp³-hybridized carbons (Fsp3) is 0.400. The Morgan fingerprint density at radius 3 is 2.35 bits per heavy atom. The first-order valence-corrected chi connectivity index (χ1v) is 6.76. The van der Waals surface area contributed by atoms with Gasteiger partial charge in [-0.3, -0.25) is 19.3 Å². The minimum absolute atomic E-state index is 0.121. The number of nitrogens with zero attached hydrogens (tertiary/aromatic N) is 1. The first-order valence-electron chi connectivity index (χ1n) is 6.76. The maximum Gasteiger partial charge on any atom is 0.261 e. The van der Waals surface area contributed by atoms with Crippen LogP contribution in [0, 0.1) is 0 Å². The van der Waals surface area contributed by atoms with Crippen molar-refractivity contribution in [3.63, 3.8) is 0 Å². The van der Waals surface area contributed by atoms with Crippen LogP contribution >= 0.6 is 0 Å². The molecule has 1 aliphatic heterocycles. The van der Waals surface area contributed by atoms with Crippen LogP contribution in [0.1, 0.15) is 57.8 Å². The van der Waals surface area contributed by atoms with Gasteiger partial charge in [0, 0.05) is 18.7 Å². The number of hydrogen-bond donors (Lipinski definition) is 1. The lowest BCUT2D eigenvalue weighted by Crippen LogP contribution is -2.33. The lowest BCUT2D eigenvalue weighted by Gasteiger charge is -2.14. The van der Waals surface area contributed by atoms with Crippen molar-refractivity contribution in [2.75, 3.05) is 7.05 Å². The van der Waals surface area contributed by atoms with E-state index in [9.17, 15) is 14.4 Å². The first kappa shape index (κ1) is 14.2. The molecule has 0 saturated carbocycles. The second kappa shape index (κ2) is 5.45. The van der Waals surface area contributed by atoms with Crippen molar-refractivity contribution < 1.29 is 14.4 Å². The molecule has 5 heteroatoms. The number of benzene rings is 1. The highest BCUT2D eigenvalue weighted by molar-refractivity contribution is 6.21. The highest BCUT2D eigenvalue weighted by Crippen LogP contribution is 2.22. The number of amides is 3. The molecule has 3 amide bonds. The predicted molar refractivity (Wildman–Crippen MR) is 74.7 cm³/mol. The number of fused-ring (bicyclic) bond motifs is 1. The maximum absolute atomic E-state index is 12.1. The molecule has 1 heterocycles. The summed E-state index contributed by atoms with van der Waals surface area (Å²) in [4.78, 5) is 36.8. The number of imide groups is 1. The van der Waals surface area contributed by atoms with Crippen LogP contribution in [0.25, 0.3) is 0 Å². The minimum atomic E-state index is -0.359. The SMILES string of the molecule is CCC(CC)NC(=O)c1ccc2c(c1)C(=O)N(C)C2=O. The molecule has 1 aromatic carbocycles. The van der Waals surface area contributed by atoms with Gasteiger partial charge in [-0.15, -0.1) is 0 Å². The van der Waals surface area contributed by atoms with E-state index in [1.165, 1.54) is 13.1 Å². The van der Waals surface area contributed by atoms with Crippen LogP contribution < -0.4 is 5.32 Å². The zero-order chi connectivity index (χ0) is 14.9. The van der Waals surface area contributed by atoms with Crippen LogP contribution in [0.15, 0.2) is 18.2 Å². The molecule has 1 N–H and O–H groups in total. The molecule has 0 unspecified atom stereocenters. The van der Waals surface area contributed by atoms with Crippen molar-refractivity contribution in [2.24, 2.45) is 0 Å². The average Bonchev–Trinajstić information content (AvgIpc) is 2.69. The molecule has 2 rings (SSSR count). The maximum atomic E-state index is 12.1. The van der Waals surface area contributed by atoms with Crippen LogP contribution in [0.3, 0.4) is 0 Å². The molecule has 0 aromatic heterocycles. The fourth-order valence-corrected chi connectivity index (χ4v) is 2.26. The number of hydrogen-bond acceptors (Lipinski definition) is 3. The molecule has 0 atom stereocenters. The van der Waals surface area contributed by atoms with E-state index in [-0.39, 0.29) is 23.8 Å². The van der Waals surface area contributed by atoms with Gasteiger partial charge in [0.15, 0.2) is 0 Å². The summed E-state index contributed by atoms with van der Waals surface area (Å²) in [7, 11) is 1.44. The standard InChI is InChI=1S/C15H18N2O3/c1-4-10(5-2)16-13(18)9-6-7-11-12(8-9)15(20)17(3)14(11)19/h6-8,10H,4-5H2,1-3H3,(H,16,18). The van der Waals surface area contributed by atoms with Crippen molar-refractivity contribution in [1.29, 1.82) is 0 Å². The van der Waals surface area contributed by atoms with E-state index in [1.807, 2.05) is 13.8 Å². The molecule has 0 spiro atoms. The average molecular weight is 274 g/mol. The van der Waals surface area contributed by atoms with Gasteiger partial charge in [-0.2, -0.15) is 0 Å². The van der Waals surface area contributed by atoms with Gasteiger partial charge in [-0.1, -0.05) is 13.8 Å². The van der Waals surface area contributed by atoms with Crippen molar-refractivity contribution in [2.45, 2.75) is 32.7 Å². The van der Waals surface area contributed by atoms with E-state index in [2.05, 4.69) is 5.32 Å². The quantitative estimate of drug-likeness (QED) is 0.852. The van der Waals surface area contributed by atoms with Gasteiger partial charge in [-0.25, -0.2) is 0 Å². The summed E-state index contributed by atoms with van der Waals surface area (Å²) < 4.78 is 0. The molecule has 1 aliphatic rings. The van der Waals surface area contributed by atoms with Crippen molar-refractivity contribution >= 4 is 17.7 Å². The largest absolute Gasteiger partial charge is 0.349 e. The molecule has 106 valence electrons. The normalized spacial score (nSPS) is 13.9. The van der Waals surface area contributed by atoms with Crippen LogP contribution in [-0.2, 0) is 0 Å². The summed E-state index contributed by atoms with van der Waals surface area (Å²) in [5.74, 6) is -0.893. The second-order valence-electron chi connectivity index (χ2n) is 4.92. The monoisotopic (exact) mass is 274 g/mol. The van der Waals surface area contributed by atoms with Crippen molar-refractivity contribution in [3.05, 3.63) is 34.9 Å². The Bertz CT molecular complexity index is 576. The Labute approximate surface area is 118 Å². The molecule has 1 aromatic rings. The van der Waals surface area contributed by atoms with Crippen LogP contribution in [-0.4, -0.2) is 35.7 Å². The number of carbonyl (C=O) groups excluding carboxylic acids is 3. The molecule has 0 saturated heterocycles. The highest BCUT2D eigenvalue weighted by Gasteiger charge is 2.33. The van der Waals surface area contributed by atoms with Crippen LogP contribution in [0.2, 0.25) is 0 Å². The zero-order valence-corrected chi connectivity index (χ0v) is 11.9. The van der Waals surface area contributed by atoms with E-state index in [0.717, 1.165) is 17.7 Å². The van der Waals surface area contributed by atoms with E-state index in [1.54, 1.807) is 12.1 Å². The Kier molecular flexibility index (Phi) is 3.88. The summed E-state index contributed by atoms with van der Waals surface area (Å²) in [6, 6.07) is 4.74. The molecule has 0 aliphatic carbocycles. The number of nitrogens with one attached hydrogen (secondary N) is 1. The molecular weight excluding hydrogens is 256 g/mol. The summed E-state index contributed by atoms with van der Waals surface area (Å²) in [5, 5.41) is 2.91. The Balaban J connectivity index is 2.27. The van der Waals surface area contributed by atoms with Gasteiger partial charge in [0.05, 0.1) is 11.1 Å². The lowest BCUT2D eigenvalue weighted by molar-refractivity contribution is 0.0693. The fourth-order valence-electron chi connectivity index (χ4n) is 2.26. The minimum Gasteiger partial charge on any atom is -0.349 e. The van der Waals surface area contributed by atoms with Gasteiger partial charge < -0.3 is 5.32 Å². The van der Waals surface area contributed by atoms with Crippen molar-refractivity contribution in [3.8, 4) is 0 Å². The van der Waals surface area contributed by atoms with E-state index in [4.69, 9.17) is 0 Å². The Morgan fingerprint density at radius 2 is 1.75 bits per heavy atom. The second-order valence-corrected chi connectivity index (χ2v) is 4.92. The Hall–Kier alpha value is -2.17. The summed E-state index contributed by atoms with van der Waals surface area (Å²) in [5.41, 5.74) is 1.07. The predicted octanol–water partition coefficient (Wildman–Crippen LogP) is 1.83. The lowest BCUT2D eigenvalue weighted by atomic mass is 10.0. The number of rotatable bonds is 4. The van der Waals surface area contributed by atoms with Crippen LogP contribution in [0.5, 0.6) is 0 Å². The van der Waals surface area contributed by atoms with Gasteiger partial charge in [0.2, 0.25) is 0 Å². The van der Waals surface area contributed by atoms with Gasteiger partial charge in [0.1, 0.15) is 0 Å². The van der Waals surface area contributed by atoms with Crippen LogP contribution in [0.4, 0.5) is 0 Å². The molecule has 0 fully saturated rings. The highest BCUT2D eigenvalue weighted by atomic mass is 16.2. The van der Waals surface area contributed by atoms with Gasteiger partial charge in [0.25, 0.3) is 17.7 Å². The molecule has 20 heavy (non-hydrogen) atoms. The number of carbonyl (C=O) groups is 3. The first-order chi connectivity index (χ1) is 9.49. The smallest absolute Gasteiger partial charge is 0.261 e. The molecule has 0 radical (unpaired) electrons. The third-order valence-electron chi connectivity index (χ3n) is 3.67. The molecule has 5 nitrogen and oxygen atoms in total. The third-order valence-corrected chi connectivity index (χ3v) is 3.67. The van der Waals surface area contributed by atoms with E-state index in [0.29, 0.717) is 16.7 Å². The van der Waals surface area contributed by atoms with Gasteiger partial charge >= 0.3 is 0 Å². The topological polar surface area (TPSA) is 66.5 Å². The summed E-state index contributed by atoms with van der Waals surface area (Å²) >= 11 is 0. The molecule has 0 bridgehead atoms. The van der Waals surface area contributed by atoms with Crippen molar-refractivity contribution in [1.82, 2.24) is 10.2 Å². The summed E-state index contributed by atoms with van der Waals surface area (Å²) in [6.45, 7) is 4.02. The summed E-state index contributed by atoms with van der Waals surface area (Å²) in [6.07, 6.45) is 1.71. The third kappa shape index (κ3) is 2.31. The molecular formula is C15H18N2O3. The Morgan fingerprint density at radius 1 is 1.15 bits per heavy atom. The zero-order valence-electron chi connectivity index (χ0n) is 11.9. The van der Waals surface area contributed by atoms with E-state index >= 15 is 0 Å².